The molecule has 0 saturated heterocycles. The van der Waals surface area contributed by atoms with Crippen molar-refractivity contribution in [1.29, 1.82) is 0 Å². The van der Waals surface area contributed by atoms with Crippen molar-refractivity contribution in [3.8, 4) is 5.75 Å². The number of hydrogen-bond donors (Lipinski definition) is 1. The maximum Gasteiger partial charge on any atom is 0.341 e. The molecule has 1 aliphatic heterocycles. The number of halogens is 2. The van der Waals surface area contributed by atoms with E-state index in [1.165, 1.54) is 0 Å². The van der Waals surface area contributed by atoms with Gasteiger partial charge >= 0.3 is 5.97 Å². The first-order valence-electron chi connectivity index (χ1n) is 8.07. The van der Waals surface area contributed by atoms with Crippen molar-refractivity contribution in [2.45, 2.75) is 25.9 Å². The van der Waals surface area contributed by atoms with E-state index in [0.717, 1.165) is 11.1 Å². The summed E-state index contributed by atoms with van der Waals surface area (Å²) < 4.78 is 5.36. The van der Waals surface area contributed by atoms with Crippen molar-refractivity contribution in [3.63, 3.8) is 0 Å². The van der Waals surface area contributed by atoms with Crippen LogP contribution in [0.15, 0.2) is 36.4 Å². The normalized spacial score (nSPS) is 15.7. The average molecular weight is 394 g/mol. The number of benzene rings is 2. The minimum atomic E-state index is -1.05. The second-order valence-corrected chi connectivity index (χ2v) is 6.90. The molecule has 0 saturated carbocycles. The molecule has 0 bridgehead atoms. The number of fused-ring (bicyclic) bond motifs is 1. The molecule has 1 N–H and O–H groups in total. The van der Waals surface area contributed by atoms with Crippen LogP contribution in [0.25, 0.3) is 0 Å². The predicted molar refractivity (Wildman–Crippen MR) is 98.7 cm³/mol. The van der Waals surface area contributed by atoms with E-state index < -0.39 is 12.6 Å². The van der Waals surface area contributed by atoms with Gasteiger partial charge in [0.2, 0.25) is 5.91 Å². The van der Waals surface area contributed by atoms with Gasteiger partial charge in [-0.3, -0.25) is 4.79 Å². The van der Waals surface area contributed by atoms with E-state index in [1.807, 2.05) is 13.0 Å². The molecule has 3 rings (SSSR count). The third-order valence-electron chi connectivity index (χ3n) is 4.48. The zero-order valence-electron chi connectivity index (χ0n) is 14.0. The molecular weight excluding hydrogens is 377 g/mol. The monoisotopic (exact) mass is 393 g/mol. The van der Waals surface area contributed by atoms with Gasteiger partial charge in [-0.05, 0) is 36.2 Å². The highest BCUT2D eigenvalue weighted by Crippen LogP contribution is 2.39. The summed E-state index contributed by atoms with van der Waals surface area (Å²) in [5, 5.41) is 9.74. The Morgan fingerprint density at radius 2 is 1.85 bits per heavy atom. The van der Waals surface area contributed by atoms with E-state index in [9.17, 15) is 9.59 Å². The van der Waals surface area contributed by atoms with Gasteiger partial charge in [-0.1, -0.05) is 41.4 Å². The average Bonchev–Trinajstić information content (AvgIpc) is 2.94. The summed E-state index contributed by atoms with van der Waals surface area (Å²) in [6, 6.07) is 10.4. The van der Waals surface area contributed by atoms with Crippen molar-refractivity contribution < 1.29 is 19.4 Å². The molecule has 1 heterocycles. The molecule has 0 radical (unpaired) electrons. The summed E-state index contributed by atoms with van der Waals surface area (Å²) in [6.45, 7) is 1.86. The van der Waals surface area contributed by atoms with Crippen molar-refractivity contribution in [2.24, 2.45) is 0 Å². The molecule has 1 atom stereocenters. The Balaban J connectivity index is 1.81. The van der Waals surface area contributed by atoms with Crippen molar-refractivity contribution in [1.82, 2.24) is 4.90 Å². The molecule has 2 aromatic rings. The molecule has 136 valence electrons. The van der Waals surface area contributed by atoms with Gasteiger partial charge in [-0.2, -0.15) is 0 Å². The standard InChI is InChI=1S/C19H17Cl2NO4/c1-11-12-4-2-7-17(26-10-19(24)25)14(12)9-22(11)18(23)8-13-15(20)5-3-6-16(13)21/h2-7,11H,8-10H2,1H3,(H,24,25). The number of amides is 1. The van der Waals surface area contributed by atoms with E-state index in [1.54, 1.807) is 35.2 Å². The molecule has 0 fully saturated rings. The molecule has 1 unspecified atom stereocenters. The van der Waals surface area contributed by atoms with E-state index in [2.05, 4.69) is 0 Å². The quantitative estimate of drug-likeness (QED) is 0.829. The van der Waals surface area contributed by atoms with Crippen LogP contribution in [0.5, 0.6) is 5.75 Å². The van der Waals surface area contributed by atoms with Gasteiger partial charge in [-0.25, -0.2) is 4.79 Å². The molecule has 26 heavy (non-hydrogen) atoms. The number of carbonyl (C=O) groups is 2. The first-order valence-corrected chi connectivity index (χ1v) is 8.82. The summed E-state index contributed by atoms with van der Waals surface area (Å²) in [5.41, 5.74) is 2.39. The first-order chi connectivity index (χ1) is 12.4. The van der Waals surface area contributed by atoms with Gasteiger partial charge in [0.05, 0.1) is 19.0 Å². The lowest BCUT2D eigenvalue weighted by atomic mass is 10.1. The first kappa shape index (κ1) is 18.5. The van der Waals surface area contributed by atoms with Crippen LogP contribution in [0, 0.1) is 0 Å². The van der Waals surface area contributed by atoms with Gasteiger partial charge in [0.25, 0.3) is 0 Å². The third kappa shape index (κ3) is 3.64. The van der Waals surface area contributed by atoms with Crippen LogP contribution in [0.3, 0.4) is 0 Å². The zero-order chi connectivity index (χ0) is 18.8. The van der Waals surface area contributed by atoms with Gasteiger partial charge in [0.15, 0.2) is 6.61 Å². The molecule has 5 nitrogen and oxygen atoms in total. The summed E-state index contributed by atoms with van der Waals surface area (Å²) in [6.07, 6.45) is 0.0994. The summed E-state index contributed by atoms with van der Waals surface area (Å²) >= 11 is 12.3. The van der Waals surface area contributed by atoms with Crippen LogP contribution >= 0.6 is 23.2 Å². The van der Waals surface area contributed by atoms with Crippen LogP contribution < -0.4 is 4.74 Å². The number of rotatable bonds is 5. The zero-order valence-corrected chi connectivity index (χ0v) is 15.5. The maximum absolute atomic E-state index is 12.8. The van der Waals surface area contributed by atoms with E-state index in [0.29, 0.717) is 27.9 Å². The smallest absolute Gasteiger partial charge is 0.341 e. The fraction of sp³-hybridized carbons (Fsp3) is 0.263. The lowest BCUT2D eigenvalue weighted by molar-refractivity contribution is -0.139. The second kappa shape index (κ2) is 7.56. The van der Waals surface area contributed by atoms with Crippen LogP contribution in [0.4, 0.5) is 0 Å². The second-order valence-electron chi connectivity index (χ2n) is 6.08. The van der Waals surface area contributed by atoms with Crippen LogP contribution in [0.1, 0.15) is 29.7 Å². The Morgan fingerprint density at radius 3 is 2.50 bits per heavy atom. The largest absolute Gasteiger partial charge is 0.482 e. The number of aliphatic carboxylic acids is 1. The number of carbonyl (C=O) groups excluding carboxylic acids is 1. The Hall–Kier alpha value is -2.24. The fourth-order valence-corrected chi connectivity index (χ4v) is 3.68. The lowest BCUT2D eigenvalue weighted by Gasteiger charge is -2.22. The Labute approximate surface area is 161 Å². The number of carboxylic acids is 1. The van der Waals surface area contributed by atoms with Gasteiger partial charge in [-0.15, -0.1) is 0 Å². The van der Waals surface area contributed by atoms with Crippen LogP contribution in [-0.4, -0.2) is 28.5 Å². The number of ether oxygens (including phenoxy) is 1. The molecule has 0 aromatic heterocycles. The van der Waals surface area contributed by atoms with Crippen LogP contribution in [0.2, 0.25) is 10.0 Å². The predicted octanol–water partition coefficient (Wildman–Crippen LogP) is 4.10. The summed E-state index contributed by atoms with van der Waals surface area (Å²) in [5.74, 6) is -0.661. The van der Waals surface area contributed by atoms with Gasteiger partial charge in [0, 0.05) is 15.6 Å². The number of hydrogen-bond acceptors (Lipinski definition) is 3. The highest BCUT2D eigenvalue weighted by atomic mass is 35.5. The topological polar surface area (TPSA) is 66.8 Å². The minimum Gasteiger partial charge on any atom is -0.482 e. The highest BCUT2D eigenvalue weighted by molar-refractivity contribution is 6.36. The number of nitrogens with zero attached hydrogens (tertiary/aromatic N) is 1. The van der Waals surface area contributed by atoms with E-state index in [4.69, 9.17) is 33.0 Å². The fourth-order valence-electron chi connectivity index (χ4n) is 3.15. The Bertz CT molecular complexity index is 848. The molecular formula is C19H17Cl2NO4. The SMILES string of the molecule is CC1c2cccc(OCC(=O)O)c2CN1C(=O)Cc1c(Cl)cccc1Cl. The van der Waals surface area contributed by atoms with E-state index in [-0.39, 0.29) is 18.4 Å². The van der Waals surface area contributed by atoms with Gasteiger partial charge in [0.1, 0.15) is 5.75 Å². The Morgan fingerprint density at radius 1 is 1.19 bits per heavy atom. The maximum atomic E-state index is 12.8. The molecule has 2 aromatic carbocycles. The van der Waals surface area contributed by atoms with Crippen molar-refractivity contribution in [2.75, 3.05) is 6.61 Å². The van der Waals surface area contributed by atoms with Crippen molar-refractivity contribution in [3.05, 3.63) is 63.1 Å². The molecule has 0 spiro atoms. The molecule has 7 heteroatoms. The van der Waals surface area contributed by atoms with E-state index >= 15 is 0 Å². The van der Waals surface area contributed by atoms with Crippen LogP contribution in [-0.2, 0) is 22.6 Å². The summed E-state index contributed by atoms with van der Waals surface area (Å²) in [4.78, 5) is 25.3. The summed E-state index contributed by atoms with van der Waals surface area (Å²) in [7, 11) is 0. The minimum absolute atomic E-state index is 0.0994. The lowest BCUT2D eigenvalue weighted by Crippen LogP contribution is -2.29. The Kier molecular flexibility index (Phi) is 5.39. The molecule has 1 amide bonds. The highest BCUT2D eigenvalue weighted by Gasteiger charge is 2.33. The molecule has 0 aliphatic carbocycles. The number of carboxylic acid groups (broad SMARTS) is 1. The van der Waals surface area contributed by atoms with Gasteiger partial charge < -0.3 is 14.7 Å². The molecule has 1 aliphatic rings. The van der Waals surface area contributed by atoms with Crippen molar-refractivity contribution >= 4 is 35.1 Å². The third-order valence-corrected chi connectivity index (χ3v) is 5.18.